The van der Waals surface area contributed by atoms with Crippen LogP contribution in [0.1, 0.15) is 53.9 Å². The Morgan fingerprint density at radius 2 is 1.78 bits per heavy atom. The smallest absolute Gasteiger partial charge is 0.137 e. The highest BCUT2D eigenvalue weighted by atomic mass is 35.5. The summed E-state index contributed by atoms with van der Waals surface area (Å²) in [6, 6.07) is 7.28. The molecule has 0 aromatic heterocycles. The van der Waals surface area contributed by atoms with E-state index in [0.717, 1.165) is 36.4 Å². The van der Waals surface area contributed by atoms with Gasteiger partial charge in [0.15, 0.2) is 0 Å². The van der Waals surface area contributed by atoms with E-state index in [1.165, 1.54) is 24.8 Å². The van der Waals surface area contributed by atoms with Gasteiger partial charge in [0.1, 0.15) is 25.0 Å². The molecule has 0 heterocycles. The monoisotopic (exact) mass is 396 g/mol. The van der Waals surface area contributed by atoms with Gasteiger partial charge in [0, 0.05) is 5.02 Å². The van der Waals surface area contributed by atoms with Crippen molar-refractivity contribution in [3.8, 4) is 5.75 Å². The molecule has 0 aliphatic heterocycles. The molecule has 1 rings (SSSR count). The predicted molar refractivity (Wildman–Crippen MR) is 116 cm³/mol. The first kappa shape index (κ1) is 24.0. The van der Waals surface area contributed by atoms with Crippen molar-refractivity contribution >= 4 is 11.6 Å². The summed E-state index contributed by atoms with van der Waals surface area (Å²) in [4.78, 5) is 0. The van der Waals surface area contributed by atoms with E-state index in [1.807, 2.05) is 12.1 Å². The molecule has 0 radical (unpaired) electrons. The summed E-state index contributed by atoms with van der Waals surface area (Å²) in [5, 5.41) is 11.2. The van der Waals surface area contributed by atoms with Gasteiger partial charge in [0.2, 0.25) is 0 Å². The van der Waals surface area contributed by atoms with Crippen LogP contribution in [0.4, 0.5) is 0 Å². The minimum Gasteiger partial charge on any atom is -0.491 e. The van der Waals surface area contributed by atoms with E-state index in [-0.39, 0.29) is 0 Å². The summed E-state index contributed by atoms with van der Waals surface area (Å²) in [6.07, 6.45) is 5.46. The molecule has 1 N–H and O–H groups in total. The Morgan fingerprint density at radius 3 is 2.33 bits per heavy atom. The van der Waals surface area contributed by atoms with Crippen LogP contribution in [-0.4, -0.2) is 48.5 Å². The topological polar surface area (TPSA) is 29.5 Å². The van der Waals surface area contributed by atoms with Crippen molar-refractivity contribution < 1.29 is 14.3 Å². The van der Waals surface area contributed by atoms with Crippen LogP contribution in [0, 0.1) is 5.92 Å². The molecule has 0 bridgehead atoms. The minimum absolute atomic E-state index is 0.317. The molecule has 2 atom stereocenters. The van der Waals surface area contributed by atoms with Gasteiger partial charge in [-0.05, 0) is 77.1 Å². The molecule has 0 aliphatic carbocycles. The third-order valence-electron chi connectivity index (χ3n) is 5.50. The maximum absolute atomic E-state index is 10.6. The number of benzene rings is 1. The van der Waals surface area contributed by atoms with Crippen molar-refractivity contribution in [3.05, 3.63) is 40.9 Å². The van der Waals surface area contributed by atoms with Gasteiger partial charge < -0.3 is 14.3 Å². The van der Waals surface area contributed by atoms with Gasteiger partial charge in [0.05, 0.1) is 19.6 Å². The zero-order valence-corrected chi connectivity index (χ0v) is 18.6. The Kier molecular flexibility index (Phi) is 11.1. The van der Waals surface area contributed by atoms with E-state index in [0.29, 0.717) is 17.5 Å². The molecule has 3 nitrogen and oxygen atoms in total. The van der Waals surface area contributed by atoms with Crippen LogP contribution in [0.5, 0.6) is 5.75 Å². The second-order valence-corrected chi connectivity index (χ2v) is 8.49. The van der Waals surface area contributed by atoms with E-state index in [1.54, 1.807) is 12.1 Å². The number of rotatable bonds is 13. The van der Waals surface area contributed by atoms with Crippen LogP contribution in [0.2, 0.25) is 5.02 Å². The van der Waals surface area contributed by atoms with E-state index >= 15 is 0 Å². The highest BCUT2D eigenvalue weighted by Gasteiger charge is 2.27. The van der Waals surface area contributed by atoms with Crippen LogP contribution in [-0.2, 0) is 0 Å². The first-order valence-corrected chi connectivity index (χ1v) is 10.7. The SMILES string of the molecule is CC[N+](CC)(CCC(C)CCC=C(C)C)CC(O)COc1ccc(Cl)cc1. The van der Waals surface area contributed by atoms with E-state index < -0.39 is 6.10 Å². The molecular weight excluding hydrogens is 358 g/mol. The Balaban J connectivity index is 2.49. The van der Waals surface area contributed by atoms with Crippen LogP contribution in [0.15, 0.2) is 35.9 Å². The normalized spacial score (nSPS) is 13.9. The number of hydrogen-bond acceptors (Lipinski definition) is 2. The average molecular weight is 397 g/mol. The lowest BCUT2D eigenvalue weighted by Crippen LogP contribution is -2.53. The molecule has 4 heteroatoms. The van der Waals surface area contributed by atoms with Gasteiger partial charge in [-0.3, -0.25) is 0 Å². The Labute approximate surface area is 171 Å². The Bertz CT molecular complexity index is 548. The van der Waals surface area contributed by atoms with Crippen molar-refractivity contribution in [1.82, 2.24) is 0 Å². The quantitative estimate of drug-likeness (QED) is 0.342. The predicted octanol–water partition coefficient (Wildman–Crippen LogP) is 5.71. The van der Waals surface area contributed by atoms with Crippen LogP contribution in [0.3, 0.4) is 0 Å². The maximum Gasteiger partial charge on any atom is 0.137 e. The van der Waals surface area contributed by atoms with Crippen LogP contribution >= 0.6 is 11.6 Å². The average Bonchev–Trinajstić information content (AvgIpc) is 2.64. The number of aliphatic hydroxyl groups excluding tert-OH is 1. The number of nitrogens with zero attached hydrogens (tertiary/aromatic N) is 1. The molecule has 2 unspecified atom stereocenters. The number of quaternary nitrogens is 1. The summed E-state index contributed by atoms with van der Waals surface area (Å²) in [6.45, 7) is 15.4. The molecule has 1 aromatic carbocycles. The first-order chi connectivity index (χ1) is 12.8. The summed E-state index contributed by atoms with van der Waals surface area (Å²) in [5.41, 5.74) is 1.40. The largest absolute Gasteiger partial charge is 0.491 e. The number of ether oxygens (including phenoxy) is 1. The van der Waals surface area contributed by atoms with E-state index in [4.69, 9.17) is 16.3 Å². The summed E-state index contributed by atoms with van der Waals surface area (Å²) < 4.78 is 6.68. The molecule has 0 saturated heterocycles. The van der Waals surface area contributed by atoms with Gasteiger partial charge in [-0.1, -0.05) is 30.2 Å². The highest BCUT2D eigenvalue weighted by molar-refractivity contribution is 6.30. The van der Waals surface area contributed by atoms with Crippen molar-refractivity contribution in [1.29, 1.82) is 0 Å². The van der Waals surface area contributed by atoms with Crippen LogP contribution in [0.25, 0.3) is 0 Å². The van der Waals surface area contributed by atoms with Crippen molar-refractivity contribution in [2.24, 2.45) is 5.92 Å². The Morgan fingerprint density at radius 1 is 1.15 bits per heavy atom. The van der Waals surface area contributed by atoms with Gasteiger partial charge in [-0.15, -0.1) is 0 Å². The molecular formula is C23H39ClNO2+. The van der Waals surface area contributed by atoms with Gasteiger partial charge in [0.25, 0.3) is 0 Å². The summed E-state index contributed by atoms with van der Waals surface area (Å²) in [7, 11) is 0. The van der Waals surface area contributed by atoms with Gasteiger partial charge in [-0.2, -0.15) is 0 Å². The highest BCUT2D eigenvalue weighted by Crippen LogP contribution is 2.19. The third-order valence-corrected chi connectivity index (χ3v) is 5.76. The minimum atomic E-state index is -0.471. The fourth-order valence-electron chi connectivity index (χ4n) is 3.41. The van der Waals surface area contributed by atoms with Crippen molar-refractivity contribution in [3.63, 3.8) is 0 Å². The van der Waals surface area contributed by atoms with Gasteiger partial charge in [-0.25, -0.2) is 0 Å². The molecule has 0 saturated carbocycles. The molecule has 154 valence electrons. The van der Waals surface area contributed by atoms with E-state index in [2.05, 4.69) is 40.7 Å². The molecule has 27 heavy (non-hydrogen) atoms. The van der Waals surface area contributed by atoms with Gasteiger partial charge >= 0.3 is 0 Å². The molecule has 0 amide bonds. The molecule has 0 fully saturated rings. The number of halogens is 1. The second-order valence-electron chi connectivity index (χ2n) is 8.05. The Hall–Kier alpha value is -1.03. The standard InChI is InChI=1S/C23H39ClNO2/c1-6-25(7-2,16-15-20(5)10-8-9-19(3)4)17-22(26)18-27-23-13-11-21(24)12-14-23/h9,11-14,20,22,26H,6-8,10,15-18H2,1-5H3/q+1. The maximum atomic E-state index is 10.6. The second kappa shape index (κ2) is 12.4. The molecule has 0 aliphatic rings. The summed E-state index contributed by atoms with van der Waals surface area (Å²) >= 11 is 5.90. The van der Waals surface area contributed by atoms with E-state index in [9.17, 15) is 5.11 Å². The lowest BCUT2D eigenvalue weighted by atomic mass is 9.99. The van der Waals surface area contributed by atoms with Crippen molar-refractivity contribution in [2.75, 3.05) is 32.8 Å². The number of hydrogen-bond donors (Lipinski definition) is 1. The number of aliphatic hydroxyl groups is 1. The molecule has 0 spiro atoms. The number of allylic oxidation sites excluding steroid dienone is 2. The first-order valence-electron chi connectivity index (χ1n) is 10.3. The lowest BCUT2D eigenvalue weighted by molar-refractivity contribution is -0.928. The fraction of sp³-hybridized carbons (Fsp3) is 0.652. The number of likely N-dealkylation sites (N-methyl/N-ethyl adjacent to an activating group) is 1. The summed E-state index contributed by atoms with van der Waals surface area (Å²) in [5.74, 6) is 1.45. The third kappa shape index (κ3) is 9.64. The lowest BCUT2D eigenvalue weighted by Gasteiger charge is -2.39. The zero-order valence-electron chi connectivity index (χ0n) is 17.9. The fourth-order valence-corrected chi connectivity index (χ4v) is 3.53. The van der Waals surface area contributed by atoms with Crippen molar-refractivity contribution in [2.45, 2.75) is 60.0 Å². The molecule has 1 aromatic rings. The zero-order chi connectivity index (χ0) is 20.3. The van der Waals surface area contributed by atoms with Crippen LogP contribution < -0.4 is 4.74 Å².